The third-order valence-electron chi connectivity index (χ3n) is 3.72. The molecule has 0 spiro atoms. The Balaban J connectivity index is 1.49. The Kier molecular flexibility index (Phi) is 4.62. The minimum Gasteiger partial charge on any atom is -0.386 e. The van der Waals surface area contributed by atoms with Crippen LogP contribution < -0.4 is 5.32 Å². The van der Waals surface area contributed by atoms with Gasteiger partial charge in [0, 0.05) is 18.1 Å². The number of halogens is 3. The molecule has 1 aliphatic rings. The van der Waals surface area contributed by atoms with E-state index in [2.05, 4.69) is 5.16 Å². The molecule has 1 atom stereocenters. The molecule has 0 unspecified atom stereocenters. The summed E-state index contributed by atoms with van der Waals surface area (Å²) in [6.45, 7) is 1.00. The van der Waals surface area contributed by atoms with Crippen LogP contribution in [0.3, 0.4) is 0 Å². The summed E-state index contributed by atoms with van der Waals surface area (Å²) in [6.07, 6.45) is 0.507. The summed E-state index contributed by atoms with van der Waals surface area (Å²) in [5.41, 5.74) is 2.05. The van der Waals surface area contributed by atoms with Gasteiger partial charge in [0.05, 0.1) is 5.71 Å². The standard InChI is InChI=1S/C17H15F3N2O/c18-13-4-1-11(2-5-13)17-8-15(23-22-17)10-21-9-12-3-6-14(19)7-16(12)20/h1-7,15,21H,8-10H2/p+1/t15-/m0/s1. The van der Waals surface area contributed by atoms with Crippen LogP contribution in [-0.4, -0.2) is 18.4 Å². The van der Waals surface area contributed by atoms with Crippen LogP contribution in [0, 0.1) is 17.5 Å². The van der Waals surface area contributed by atoms with E-state index in [-0.39, 0.29) is 11.9 Å². The summed E-state index contributed by atoms with van der Waals surface area (Å²) in [4.78, 5) is 5.35. The van der Waals surface area contributed by atoms with Crippen molar-refractivity contribution in [2.24, 2.45) is 5.16 Å². The lowest BCUT2D eigenvalue weighted by atomic mass is 10.0. The molecule has 0 saturated heterocycles. The number of quaternary nitrogens is 1. The lowest BCUT2D eigenvalue weighted by Crippen LogP contribution is -2.84. The van der Waals surface area contributed by atoms with Crippen LogP contribution in [0.1, 0.15) is 17.5 Å². The van der Waals surface area contributed by atoms with Crippen molar-refractivity contribution in [3.8, 4) is 0 Å². The summed E-state index contributed by atoms with van der Waals surface area (Å²) in [5.74, 6) is -1.42. The predicted octanol–water partition coefficient (Wildman–Crippen LogP) is 2.36. The molecule has 23 heavy (non-hydrogen) atoms. The first-order valence-electron chi connectivity index (χ1n) is 7.36. The molecule has 1 heterocycles. The van der Waals surface area contributed by atoms with E-state index in [1.165, 1.54) is 24.3 Å². The molecule has 0 amide bonds. The van der Waals surface area contributed by atoms with Crippen molar-refractivity contribution in [2.45, 2.75) is 19.1 Å². The maximum atomic E-state index is 13.5. The van der Waals surface area contributed by atoms with Crippen molar-refractivity contribution >= 4 is 5.71 Å². The van der Waals surface area contributed by atoms with Crippen LogP contribution in [-0.2, 0) is 11.4 Å². The summed E-state index contributed by atoms with van der Waals surface area (Å²) >= 11 is 0. The van der Waals surface area contributed by atoms with Crippen molar-refractivity contribution < 1.29 is 23.3 Å². The van der Waals surface area contributed by atoms with Crippen LogP contribution in [0.4, 0.5) is 13.2 Å². The van der Waals surface area contributed by atoms with Gasteiger partial charge in [0.15, 0.2) is 6.10 Å². The number of hydrogen-bond donors (Lipinski definition) is 1. The number of benzene rings is 2. The van der Waals surface area contributed by atoms with Gasteiger partial charge in [0.25, 0.3) is 0 Å². The van der Waals surface area contributed by atoms with Crippen LogP contribution >= 0.6 is 0 Å². The summed E-state index contributed by atoms with van der Waals surface area (Å²) < 4.78 is 39.3. The number of hydrogen-bond acceptors (Lipinski definition) is 2. The quantitative estimate of drug-likeness (QED) is 0.902. The fourth-order valence-electron chi connectivity index (χ4n) is 2.48. The van der Waals surface area contributed by atoms with E-state index >= 15 is 0 Å². The topological polar surface area (TPSA) is 38.2 Å². The Morgan fingerprint density at radius 1 is 1.04 bits per heavy atom. The number of nitrogens with zero attached hydrogens (tertiary/aromatic N) is 1. The maximum Gasteiger partial charge on any atom is 0.181 e. The van der Waals surface area contributed by atoms with E-state index in [9.17, 15) is 13.2 Å². The molecular formula is C17H16F3N2O+. The zero-order valence-corrected chi connectivity index (χ0v) is 12.3. The minimum absolute atomic E-state index is 0.112. The Hall–Kier alpha value is -2.34. The molecule has 3 rings (SSSR count). The molecule has 2 aromatic carbocycles. The van der Waals surface area contributed by atoms with Crippen LogP contribution in [0.15, 0.2) is 47.6 Å². The van der Waals surface area contributed by atoms with Gasteiger partial charge in [0.1, 0.15) is 30.5 Å². The second-order valence-corrected chi connectivity index (χ2v) is 5.44. The van der Waals surface area contributed by atoms with E-state index in [4.69, 9.17) is 4.84 Å². The average molecular weight is 321 g/mol. The van der Waals surface area contributed by atoms with Crippen molar-refractivity contribution in [1.82, 2.24) is 0 Å². The average Bonchev–Trinajstić information content (AvgIpc) is 2.99. The highest BCUT2D eigenvalue weighted by atomic mass is 19.1. The molecule has 3 nitrogen and oxygen atoms in total. The van der Waals surface area contributed by atoms with Crippen molar-refractivity contribution in [3.05, 3.63) is 71.0 Å². The van der Waals surface area contributed by atoms with E-state index in [1.807, 2.05) is 5.32 Å². The maximum absolute atomic E-state index is 13.5. The molecule has 2 aromatic rings. The number of rotatable bonds is 5. The lowest BCUT2D eigenvalue weighted by Gasteiger charge is -2.07. The van der Waals surface area contributed by atoms with E-state index in [1.54, 1.807) is 12.1 Å². The van der Waals surface area contributed by atoms with Crippen molar-refractivity contribution in [1.29, 1.82) is 0 Å². The SMILES string of the molecule is Fc1ccc(C2=NO[C@H](C[NH2+]Cc3ccc(F)cc3F)C2)cc1. The van der Waals surface area contributed by atoms with Gasteiger partial charge < -0.3 is 10.2 Å². The molecule has 0 aromatic heterocycles. The second kappa shape index (κ2) is 6.83. The lowest BCUT2D eigenvalue weighted by molar-refractivity contribution is -0.676. The van der Waals surface area contributed by atoms with E-state index < -0.39 is 11.6 Å². The van der Waals surface area contributed by atoms with Gasteiger partial charge in [-0.05, 0) is 29.8 Å². The van der Waals surface area contributed by atoms with E-state index in [0.29, 0.717) is 25.1 Å². The second-order valence-electron chi connectivity index (χ2n) is 5.44. The third kappa shape index (κ3) is 3.90. The van der Waals surface area contributed by atoms with Crippen LogP contribution in [0.25, 0.3) is 0 Å². The molecule has 0 fully saturated rings. The monoisotopic (exact) mass is 321 g/mol. The molecule has 2 N–H and O–H groups in total. The summed E-state index contributed by atoms with van der Waals surface area (Å²) in [5, 5.41) is 5.92. The summed E-state index contributed by atoms with van der Waals surface area (Å²) in [6, 6.07) is 9.66. The number of oxime groups is 1. The Morgan fingerprint density at radius 2 is 1.78 bits per heavy atom. The minimum atomic E-state index is -0.581. The van der Waals surface area contributed by atoms with Crippen molar-refractivity contribution in [2.75, 3.05) is 6.54 Å². The summed E-state index contributed by atoms with van der Waals surface area (Å²) in [7, 11) is 0. The highest BCUT2D eigenvalue weighted by Gasteiger charge is 2.23. The normalized spacial score (nSPS) is 17.0. The first-order valence-corrected chi connectivity index (χ1v) is 7.36. The van der Waals surface area contributed by atoms with Gasteiger partial charge in [-0.3, -0.25) is 0 Å². The largest absolute Gasteiger partial charge is 0.386 e. The predicted molar refractivity (Wildman–Crippen MR) is 79.3 cm³/mol. The smallest absolute Gasteiger partial charge is 0.181 e. The van der Waals surface area contributed by atoms with Gasteiger partial charge in [-0.1, -0.05) is 17.3 Å². The van der Waals surface area contributed by atoms with Gasteiger partial charge in [-0.15, -0.1) is 0 Å². The Bertz CT molecular complexity index is 716. The number of nitrogens with two attached hydrogens (primary N) is 1. The molecule has 6 heteroatoms. The van der Waals surface area contributed by atoms with E-state index in [0.717, 1.165) is 17.3 Å². The highest BCUT2D eigenvalue weighted by Crippen LogP contribution is 2.16. The first-order chi connectivity index (χ1) is 11.1. The molecule has 0 saturated carbocycles. The fraction of sp³-hybridized carbons (Fsp3) is 0.235. The van der Waals surface area contributed by atoms with Crippen molar-refractivity contribution in [3.63, 3.8) is 0 Å². The van der Waals surface area contributed by atoms with Gasteiger partial charge in [-0.25, -0.2) is 13.2 Å². The first kappa shape index (κ1) is 15.6. The molecular weight excluding hydrogens is 305 g/mol. The van der Waals surface area contributed by atoms with Gasteiger partial charge in [0.2, 0.25) is 0 Å². The zero-order valence-electron chi connectivity index (χ0n) is 12.3. The molecule has 0 aliphatic carbocycles. The molecule has 120 valence electrons. The highest BCUT2D eigenvalue weighted by molar-refractivity contribution is 6.01. The zero-order chi connectivity index (χ0) is 16.2. The third-order valence-corrected chi connectivity index (χ3v) is 3.72. The van der Waals surface area contributed by atoms with Gasteiger partial charge in [-0.2, -0.15) is 0 Å². The van der Waals surface area contributed by atoms with Gasteiger partial charge >= 0.3 is 0 Å². The fourth-order valence-corrected chi connectivity index (χ4v) is 2.48. The van der Waals surface area contributed by atoms with Crippen LogP contribution in [0.2, 0.25) is 0 Å². The molecule has 0 radical (unpaired) electrons. The molecule has 0 bridgehead atoms. The molecule has 1 aliphatic heterocycles. The Labute approximate surface area is 131 Å². The van der Waals surface area contributed by atoms with Crippen LogP contribution in [0.5, 0.6) is 0 Å². The Morgan fingerprint density at radius 3 is 2.52 bits per heavy atom.